The van der Waals surface area contributed by atoms with Crippen molar-refractivity contribution in [3.8, 4) is 5.75 Å². The molecule has 2 rings (SSSR count). The molecule has 21 heavy (non-hydrogen) atoms. The summed E-state index contributed by atoms with van der Waals surface area (Å²) < 4.78 is 3.46. The summed E-state index contributed by atoms with van der Waals surface area (Å²) in [6.07, 6.45) is 1.03. The molecule has 1 aromatic heterocycles. The van der Waals surface area contributed by atoms with E-state index in [0.29, 0.717) is 8.95 Å². The fourth-order valence-electron chi connectivity index (χ4n) is 2.21. The Hall–Kier alpha value is -0.850. The Morgan fingerprint density at radius 3 is 2.43 bits per heavy atom. The van der Waals surface area contributed by atoms with Crippen LogP contribution in [0.1, 0.15) is 23.4 Å². The van der Waals surface area contributed by atoms with Crippen LogP contribution in [0.15, 0.2) is 27.1 Å². The summed E-state index contributed by atoms with van der Waals surface area (Å²) >= 11 is 6.68. The van der Waals surface area contributed by atoms with Crippen LogP contribution in [0.3, 0.4) is 0 Å². The molecule has 6 heteroatoms. The van der Waals surface area contributed by atoms with E-state index >= 15 is 0 Å². The van der Waals surface area contributed by atoms with Crippen LogP contribution in [-0.4, -0.2) is 21.4 Å². The highest BCUT2D eigenvalue weighted by atomic mass is 79.9. The lowest BCUT2D eigenvalue weighted by molar-refractivity contribution is 0.468. The van der Waals surface area contributed by atoms with E-state index in [-0.39, 0.29) is 5.75 Å². The van der Waals surface area contributed by atoms with Crippen molar-refractivity contribution < 1.29 is 5.11 Å². The number of benzene rings is 1. The number of aryl methyl sites for hydroxylation is 3. The molecule has 0 saturated carbocycles. The van der Waals surface area contributed by atoms with E-state index in [1.54, 1.807) is 0 Å². The molecule has 2 N–H and O–H groups in total. The molecule has 0 saturated heterocycles. The van der Waals surface area contributed by atoms with Crippen molar-refractivity contribution in [2.24, 2.45) is 0 Å². The molecule has 0 spiro atoms. The first-order valence-electron chi connectivity index (χ1n) is 6.86. The summed E-state index contributed by atoms with van der Waals surface area (Å²) in [5.41, 5.74) is 3.40. The number of halogens is 2. The number of rotatable bonds is 6. The van der Waals surface area contributed by atoms with Crippen LogP contribution in [-0.2, 0) is 13.1 Å². The number of aromatic nitrogens is 2. The normalized spacial score (nSPS) is 11.0. The van der Waals surface area contributed by atoms with E-state index < -0.39 is 0 Å². The SMILES string of the molecule is Cc1cc(C)n(CCCNCc2cc(Br)c(O)c(Br)c2)n1. The van der Waals surface area contributed by atoms with Crippen LogP contribution in [0.5, 0.6) is 5.75 Å². The molecule has 1 heterocycles. The van der Waals surface area contributed by atoms with Gasteiger partial charge < -0.3 is 10.4 Å². The maximum absolute atomic E-state index is 9.67. The van der Waals surface area contributed by atoms with Crippen LogP contribution >= 0.6 is 31.9 Å². The second-order valence-electron chi connectivity index (χ2n) is 5.09. The van der Waals surface area contributed by atoms with Gasteiger partial charge in [-0.2, -0.15) is 5.10 Å². The van der Waals surface area contributed by atoms with Gasteiger partial charge in [-0.3, -0.25) is 4.68 Å². The number of hydrogen-bond acceptors (Lipinski definition) is 3. The Balaban J connectivity index is 1.76. The molecular formula is C15H19Br2N3O. The van der Waals surface area contributed by atoms with Crippen molar-refractivity contribution in [1.82, 2.24) is 15.1 Å². The first kappa shape index (κ1) is 16.5. The Labute approximate surface area is 141 Å². The summed E-state index contributed by atoms with van der Waals surface area (Å²) in [6, 6.07) is 5.95. The summed E-state index contributed by atoms with van der Waals surface area (Å²) in [5.74, 6) is 0.239. The van der Waals surface area contributed by atoms with Gasteiger partial charge in [0.15, 0.2) is 0 Å². The maximum atomic E-state index is 9.67. The Kier molecular flexibility index (Phi) is 5.84. The number of hydrogen-bond donors (Lipinski definition) is 2. The van der Waals surface area contributed by atoms with Gasteiger partial charge in [0.2, 0.25) is 0 Å². The highest BCUT2D eigenvalue weighted by molar-refractivity contribution is 9.11. The molecule has 114 valence electrons. The fraction of sp³-hybridized carbons (Fsp3) is 0.400. The quantitative estimate of drug-likeness (QED) is 0.701. The predicted octanol–water partition coefficient (Wildman–Crippen LogP) is 3.91. The average molecular weight is 417 g/mol. The monoisotopic (exact) mass is 415 g/mol. The molecule has 0 aliphatic carbocycles. The lowest BCUT2D eigenvalue weighted by Crippen LogP contribution is -2.17. The van der Waals surface area contributed by atoms with Crippen LogP contribution in [0, 0.1) is 13.8 Å². The zero-order chi connectivity index (χ0) is 15.4. The van der Waals surface area contributed by atoms with E-state index in [4.69, 9.17) is 0 Å². The predicted molar refractivity (Wildman–Crippen MR) is 91.5 cm³/mol. The first-order valence-corrected chi connectivity index (χ1v) is 8.44. The van der Waals surface area contributed by atoms with Gasteiger partial charge in [-0.25, -0.2) is 0 Å². The molecule has 2 aromatic rings. The summed E-state index contributed by atoms with van der Waals surface area (Å²) in [6.45, 7) is 6.72. The van der Waals surface area contributed by atoms with Gasteiger partial charge >= 0.3 is 0 Å². The van der Waals surface area contributed by atoms with Gasteiger partial charge in [0.05, 0.1) is 14.6 Å². The minimum Gasteiger partial charge on any atom is -0.506 e. The summed E-state index contributed by atoms with van der Waals surface area (Å²) in [7, 11) is 0. The fourth-order valence-corrected chi connectivity index (χ4v) is 3.49. The summed E-state index contributed by atoms with van der Waals surface area (Å²) in [5, 5.41) is 17.5. The van der Waals surface area contributed by atoms with Crippen molar-refractivity contribution in [2.45, 2.75) is 33.4 Å². The number of aromatic hydroxyl groups is 1. The molecule has 1 aromatic carbocycles. The minimum absolute atomic E-state index is 0.239. The van der Waals surface area contributed by atoms with Gasteiger partial charge in [-0.15, -0.1) is 0 Å². The van der Waals surface area contributed by atoms with Crippen LogP contribution in [0.4, 0.5) is 0 Å². The van der Waals surface area contributed by atoms with E-state index in [2.05, 4.69) is 55.3 Å². The highest BCUT2D eigenvalue weighted by Crippen LogP contribution is 2.33. The number of phenolic OH excluding ortho intramolecular Hbond substituents is 1. The Bertz CT molecular complexity index is 602. The molecule has 4 nitrogen and oxygen atoms in total. The maximum Gasteiger partial charge on any atom is 0.143 e. The van der Waals surface area contributed by atoms with Gasteiger partial charge in [0.1, 0.15) is 5.75 Å². The van der Waals surface area contributed by atoms with Crippen molar-refractivity contribution in [1.29, 1.82) is 0 Å². The zero-order valence-electron chi connectivity index (χ0n) is 12.2. The topological polar surface area (TPSA) is 50.1 Å². The van der Waals surface area contributed by atoms with E-state index in [0.717, 1.165) is 37.3 Å². The average Bonchev–Trinajstić information content (AvgIpc) is 2.74. The second-order valence-corrected chi connectivity index (χ2v) is 6.80. The van der Waals surface area contributed by atoms with Crippen molar-refractivity contribution >= 4 is 31.9 Å². The van der Waals surface area contributed by atoms with E-state index in [1.807, 2.05) is 23.7 Å². The number of nitrogens with one attached hydrogen (secondary N) is 1. The summed E-state index contributed by atoms with van der Waals surface area (Å²) in [4.78, 5) is 0. The Morgan fingerprint density at radius 1 is 1.19 bits per heavy atom. The molecule has 0 atom stereocenters. The number of nitrogens with zero attached hydrogens (tertiary/aromatic N) is 2. The smallest absolute Gasteiger partial charge is 0.143 e. The molecule has 0 bridgehead atoms. The van der Waals surface area contributed by atoms with Crippen molar-refractivity contribution in [3.05, 3.63) is 44.1 Å². The van der Waals surface area contributed by atoms with Gasteiger partial charge in [0, 0.05) is 18.8 Å². The van der Waals surface area contributed by atoms with E-state index in [1.165, 1.54) is 5.69 Å². The standard InChI is InChI=1S/C15H19Br2N3O/c1-10-6-11(2)20(19-10)5-3-4-18-9-12-7-13(16)15(21)14(17)8-12/h6-8,18,21H,3-5,9H2,1-2H3. The molecule has 0 fully saturated rings. The van der Waals surface area contributed by atoms with E-state index in [9.17, 15) is 5.11 Å². The van der Waals surface area contributed by atoms with Crippen molar-refractivity contribution in [3.63, 3.8) is 0 Å². The second kappa shape index (κ2) is 7.42. The van der Waals surface area contributed by atoms with Gasteiger partial charge in [0.25, 0.3) is 0 Å². The first-order chi connectivity index (χ1) is 9.97. The molecule has 0 radical (unpaired) electrons. The number of phenols is 1. The molecule has 0 amide bonds. The molecular weight excluding hydrogens is 398 g/mol. The molecule has 0 aliphatic heterocycles. The third kappa shape index (κ3) is 4.56. The van der Waals surface area contributed by atoms with Crippen LogP contribution in [0.25, 0.3) is 0 Å². The Morgan fingerprint density at radius 2 is 1.86 bits per heavy atom. The van der Waals surface area contributed by atoms with Crippen LogP contribution in [0.2, 0.25) is 0 Å². The minimum atomic E-state index is 0.239. The van der Waals surface area contributed by atoms with Crippen LogP contribution < -0.4 is 5.32 Å². The molecule has 0 unspecified atom stereocenters. The lowest BCUT2D eigenvalue weighted by Gasteiger charge is -2.08. The lowest BCUT2D eigenvalue weighted by atomic mass is 10.2. The largest absolute Gasteiger partial charge is 0.506 e. The third-order valence-corrected chi connectivity index (χ3v) is 4.44. The zero-order valence-corrected chi connectivity index (χ0v) is 15.3. The van der Waals surface area contributed by atoms with Crippen molar-refractivity contribution in [2.75, 3.05) is 6.54 Å². The highest BCUT2D eigenvalue weighted by Gasteiger charge is 2.05. The third-order valence-electron chi connectivity index (χ3n) is 3.23. The van der Waals surface area contributed by atoms with Gasteiger partial charge in [-0.05, 0) is 82.4 Å². The molecule has 0 aliphatic rings. The van der Waals surface area contributed by atoms with Gasteiger partial charge in [-0.1, -0.05) is 0 Å².